The minimum atomic E-state index is -0.206. The summed E-state index contributed by atoms with van der Waals surface area (Å²) in [5.41, 5.74) is 9.60. The first-order valence-electron chi connectivity index (χ1n) is 12.1. The van der Waals surface area contributed by atoms with Gasteiger partial charge < -0.3 is 21.1 Å². The number of nitrogens with two attached hydrogens (primary N) is 1. The van der Waals surface area contributed by atoms with Gasteiger partial charge in [-0.15, -0.1) is 0 Å². The van der Waals surface area contributed by atoms with Crippen LogP contribution in [0, 0.1) is 6.92 Å². The molecule has 194 valence electrons. The molecule has 0 radical (unpaired) electrons. The monoisotopic (exact) mass is 520 g/mol. The molecular weight excluding hydrogens is 488 g/mol. The van der Waals surface area contributed by atoms with Crippen molar-refractivity contribution in [2.75, 3.05) is 12.8 Å². The average molecular weight is 521 g/mol. The first-order valence-corrected chi connectivity index (χ1v) is 12.5. The minimum absolute atomic E-state index is 0.0175. The van der Waals surface area contributed by atoms with Crippen LogP contribution in [0.3, 0.4) is 0 Å². The Morgan fingerprint density at radius 1 is 1.14 bits per heavy atom. The van der Waals surface area contributed by atoms with Gasteiger partial charge in [-0.3, -0.25) is 9.59 Å². The number of nitrogen functional groups attached to an aromatic ring is 1. The molecular formula is C29H33ClN4O3. The molecule has 0 aliphatic heterocycles. The topological polar surface area (TPSA) is 106 Å². The summed E-state index contributed by atoms with van der Waals surface area (Å²) in [6.45, 7) is 6.31. The van der Waals surface area contributed by atoms with Crippen molar-refractivity contribution >= 4 is 29.2 Å². The third-order valence-corrected chi connectivity index (χ3v) is 6.52. The van der Waals surface area contributed by atoms with Crippen molar-refractivity contribution in [2.45, 2.75) is 45.2 Å². The van der Waals surface area contributed by atoms with E-state index in [-0.39, 0.29) is 17.9 Å². The Morgan fingerprint density at radius 2 is 1.92 bits per heavy atom. The summed E-state index contributed by atoms with van der Waals surface area (Å²) in [5, 5.41) is 6.51. The number of amides is 2. The highest BCUT2D eigenvalue weighted by Crippen LogP contribution is 2.24. The van der Waals surface area contributed by atoms with E-state index in [4.69, 9.17) is 22.1 Å². The van der Waals surface area contributed by atoms with Crippen LogP contribution in [0.2, 0.25) is 5.02 Å². The van der Waals surface area contributed by atoms with E-state index in [9.17, 15) is 9.59 Å². The maximum Gasteiger partial charge on any atom is 0.253 e. The molecule has 1 heterocycles. The molecule has 2 aromatic carbocycles. The number of rotatable bonds is 6. The van der Waals surface area contributed by atoms with E-state index in [0.29, 0.717) is 28.5 Å². The molecule has 0 spiro atoms. The Bertz CT molecular complexity index is 1240. The fourth-order valence-corrected chi connectivity index (χ4v) is 4.28. The summed E-state index contributed by atoms with van der Waals surface area (Å²) in [6.07, 6.45) is 5.57. The van der Waals surface area contributed by atoms with Gasteiger partial charge in [0.2, 0.25) is 0 Å². The Hall–Kier alpha value is -3.84. The van der Waals surface area contributed by atoms with E-state index >= 15 is 0 Å². The number of halogens is 1. The number of benzene rings is 2. The standard InChI is InChI=1S/C16H21NO2.C13H12ClN3O/c1-11-6-4-7-13(10-11)17-16(18)14-8-5-9-15(19-3)12(14)2;14-11-4-2-1-3-9(11)7-17-13(18)10-5-6-12(15)16-8-10/h5,8-9,13H,1,4,6-7,10H2,2-3H3,(H,17,18);1-6,8H,7H2,(H2,15,16)(H,17,18). The van der Waals surface area contributed by atoms with Crippen LogP contribution in [0.5, 0.6) is 5.75 Å². The normalized spacial score (nSPS) is 14.7. The molecule has 1 aromatic heterocycles. The van der Waals surface area contributed by atoms with Gasteiger partial charge in [-0.1, -0.05) is 48.0 Å². The highest BCUT2D eigenvalue weighted by Gasteiger charge is 2.20. The van der Waals surface area contributed by atoms with Crippen LogP contribution in [-0.2, 0) is 6.54 Å². The molecule has 1 aliphatic carbocycles. The highest BCUT2D eigenvalue weighted by atomic mass is 35.5. The zero-order chi connectivity index (χ0) is 26.8. The average Bonchev–Trinajstić information content (AvgIpc) is 2.89. The summed E-state index contributed by atoms with van der Waals surface area (Å²) in [4.78, 5) is 28.0. The summed E-state index contributed by atoms with van der Waals surface area (Å²) in [6, 6.07) is 16.4. The Labute approximate surface area is 223 Å². The van der Waals surface area contributed by atoms with E-state index < -0.39 is 0 Å². The van der Waals surface area contributed by atoms with Gasteiger partial charge in [0, 0.05) is 34.9 Å². The number of pyridine rings is 1. The van der Waals surface area contributed by atoms with Gasteiger partial charge in [0.25, 0.3) is 11.8 Å². The molecule has 1 atom stereocenters. The predicted octanol–water partition coefficient (Wildman–Crippen LogP) is 5.48. The number of nitrogens with one attached hydrogen (secondary N) is 2. The second kappa shape index (κ2) is 13.5. The second-order valence-electron chi connectivity index (χ2n) is 8.90. The number of carbonyl (C=O) groups is 2. The van der Waals surface area contributed by atoms with Crippen molar-refractivity contribution in [2.24, 2.45) is 0 Å². The minimum Gasteiger partial charge on any atom is -0.496 e. The maximum absolute atomic E-state index is 12.3. The first kappa shape index (κ1) is 27.7. The van der Waals surface area contributed by atoms with Gasteiger partial charge >= 0.3 is 0 Å². The molecule has 37 heavy (non-hydrogen) atoms. The molecule has 1 saturated carbocycles. The third-order valence-electron chi connectivity index (χ3n) is 6.15. The van der Waals surface area contributed by atoms with Crippen molar-refractivity contribution in [3.05, 3.63) is 100 Å². The molecule has 7 nitrogen and oxygen atoms in total. The molecule has 1 aliphatic rings. The van der Waals surface area contributed by atoms with Crippen LogP contribution in [0.4, 0.5) is 5.82 Å². The summed E-state index contributed by atoms with van der Waals surface area (Å²) in [5.74, 6) is 0.914. The van der Waals surface area contributed by atoms with Crippen molar-refractivity contribution in [3.63, 3.8) is 0 Å². The largest absolute Gasteiger partial charge is 0.496 e. The van der Waals surface area contributed by atoms with Crippen LogP contribution in [0.1, 0.15) is 57.5 Å². The van der Waals surface area contributed by atoms with Gasteiger partial charge in [-0.25, -0.2) is 4.98 Å². The number of aromatic nitrogens is 1. The molecule has 1 fully saturated rings. The van der Waals surface area contributed by atoms with Gasteiger partial charge in [0.15, 0.2) is 0 Å². The van der Waals surface area contributed by atoms with Crippen LogP contribution >= 0.6 is 11.6 Å². The molecule has 8 heteroatoms. The Kier molecular flexibility index (Phi) is 10.1. The van der Waals surface area contributed by atoms with E-state index in [2.05, 4.69) is 22.2 Å². The fourth-order valence-electron chi connectivity index (χ4n) is 4.08. The summed E-state index contributed by atoms with van der Waals surface area (Å²) < 4.78 is 5.25. The van der Waals surface area contributed by atoms with Crippen molar-refractivity contribution in [3.8, 4) is 5.75 Å². The lowest BCUT2D eigenvalue weighted by molar-refractivity contribution is 0.0928. The molecule has 3 aromatic rings. The van der Waals surface area contributed by atoms with Gasteiger partial charge in [-0.2, -0.15) is 0 Å². The van der Waals surface area contributed by atoms with Crippen LogP contribution < -0.4 is 21.1 Å². The summed E-state index contributed by atoms with van der Waals surface area (Å²) >= 11 is 5.99. The fraction of sp³-hybridized carbons (Fsp3) is 0.276. The number of hydrogen-bond donors (Lipinski definition) is 3. The molecule has 0 bridgehead atoms. The van der Waals surface area contributed by atoms with Crippen molar-refractivity contribution in [1.82, 2.24) is 15.6 Å². The number of ether oxygens (including phenoxy) is 1. The number of methoxy groups -OCH3 is 1. The molecule has 0 saturated heterocycles. The Balaban J connectivity index is 0.000000206. The van der Waals surface area contributed by atoms with Crippen molar-refractivity contribution < 1.29 is 14.3 Å². The maximum atomic E-state index is 12.3. The van der Waals surface area contributed by atoms with Gasteiger partial charge in [0.05, 0.1) is 12.7 Å². The number of hydrogen-bond acceptors (Lipinski definition) is 5. The predicted molar refractivity (Wildman–Crippen MR) is 148 cm³/mol. The molecule has 1 unspecified atom stereocenters. The number of nitrogens with zero attached hydrogens (tertiary/aromatic N) is 1. The van der Waals surface area contributed by atoms with Crippen LogP contribution in [-0.4, -0.2) is 29.9 Å². The lowest BCUT2D eigenvalue weighted by Crippen LogP contribution is -2.36. The SMILES string of the molecule is C=C1CCCC(NC(=O)c2cccc(OC)c2C)C1.Nc1ccc(C(=O)NCc2ccccc2Cl)cn1. The quantitative estimate of drug-likeness (QED) is 0.373. The second-order valence-corrected chi connectivity index (χ2v) is 9.30. The smallest absolute Gasteiger partial charge is 0.253 e. The van der Waals surface area contributed by atoms with Gasteiger partial charge in [-0.05, 0) is 68.5 Å². The zero-order valence-corrected chi connectivity index (χ0v) is 22.0. The summed E-state index contributed by atoms with van der Waals surface area (Å²) in [7, 11) is 1.62. The van der Waals surface area contributed by atoms with Gasteiger partial charge in [0.1, 0.15) is 11.6 Å². The van der Waals surface area contributed by atoms with Crippen LogP contribution in [0.15, 0.2) is 72.9 Å². The number of anilines is 1. The number of carbonyl (C=O) groups excluding carboxylic acids is 2. The third kappa shape index (κ3) is 8.08. The lowest BCUT2D eigenvalue weighted by atomic mass is 9.91. The first-order chi connectivity index (χ1) is 17.8. The van der Waals surface area contributed by atoms with E-state index in [0.717, 1.165) is 42.6 Å². The van der Waals surface area contributed by atoms with E-state index in [1.54, 1.807) is 25.3 Å². The zero-order valence-electron chi connectivity index (χ0n) is 21.2. The molecule has 4 N–H and O–H groups in total. The molecule has 4 rings (SSSR count). The van der Waals surface area contributed by atoms with Crippen molar-refractivity contribution in [1.29, 1.82) is 0 Å². The highest BCUT2D eigenvalue weighted by molar-refractivity contribution is 6.31. The Morgan fingerprint density at radius 3 is 2.59 bits per heavy atom. The van der Waals surface area contributed by atoms with E-state index in [1.807, 2.05) is 43.3 Å². The van der Waals surface area contributed by atoms with E-state index in [1.165, 1.54) is 11.8 Å². The molecule has 2 amide bonds. The van der Waals surface area contributed by atoms with Crippen LogP contribution in [0.25, 0.3) is 0 Å². The lowest BCUT2D eigenvalue weighted by Gasteiger charge is -2.25.